The Hall–Kier alpha value is -2.99. The highest BCUT2D eigenvalue weighted by atomic mass is 32.1. The third-order valence-electron chi connectivity index (χ3n) is 4.98. The number of carbonyl (C=O) groups is 2. The third kappa shape index (κ3) is 4.38. The van der Waals surface area contributed by atoms with Crippen molar-refractivity contribution in [3.05, 3.63) is 76.8 Å². The van der Waals surface area contributed by atoms with Crippen LogP contribution in [0.2, 0.25) is 0 Å². The van der Waals surface area contributed by atoms with E-state index in [1.165, 1.54) is 11.3 Å². The van der Waals surface area contributed by atoms with Crippen LogP contribution < -0.4 is 0 Å². The summed E-state index contributed by atoms with van der Waals surface area (Å²) in [5.41, 5.74) is 3.01. The van der Waals surface area contributed by atoms with Crippen molar-refractivity contribution in [2.24, 2.45) is 0 Å². The van der Waals surface area contributed by atoms with Gasteiger partial charge in [0.05, 0.1) is 0 Å². The maximum absolute atomic E-state index is 13.0. The van der Waals surface area contributed by atoms with E-state index in [0.717, 1.165) is 29.0 Å². The molecule has 0 bridgehead atoms. The number of amides is 1. The average Bonchev–Trinajstić information content (AvgIpc) is 3.45. The Labute approximate surface area is 174 Å². The molecule has 1 aliphatic heterocycles. The van der Waals surface area contributed by atoms with Gasteiger partial charge in [0.25, 0.3) is 5.91 Å². The molecule has 29 heavy (non-hydrogen) atoms. The van der Waals surface area contributed by atoms with Gasteiger partial charge >= 0.3 is 5.97 Å². The number of carbonyl (C=O) groups excluding carboxylic acids is 2. The standard InChI is InChI=1S/C23H22N2O3S/c1-16-9-11-18(12-10-16)21-24-19(15-29-21)23(27)28-20(17-7-3-2-4-8-17)22(26)25-13-5-6-14-25/h2-4,7-12,15,20H,5-6,13-14H2,1H3/t20-/m1/s1. The zero-order valence-corrected chi connectivity index (χ0v) is 17.0. The van der Waals surface area contributed by atoms with E-state index in [1.54, 1.807) is 10.3 Å². The van der Waals surface area contributed by atoms with Gasteiger partial charge in [-0.2, -0.15) is 0 Å². The van der Waals surface area contributed by atoms with E-state index in [4.69, 9.17) is 4.74 Å². The summed E-state index contributed by atoms with van der Waals surface area (Å²) in [5, 5.41) is 2.43. The zero-order valence-electron chi connectivity index (χ0n) is 16.2. The molecule has 2 aromatic carbocycles. The number of nitrogens with zero attached hydrogens (tertiary/aromatic N) is 2. The Morgan fingerprint density at radius 3 is 2.41 bits per heavy atom. The Morgan fingerprint density at radius 1 is 1.03 bits per heavy atom. The van der Waals surface area contributed by atoms with Crippen LogP contribution in [-0.2, 0) is 9.53 Å². The van der Waals surface area contributed by atoms with E-state index in [9.17, 15) is 9.59 Å². The first-order chi connectivity index (χ1) is 14.1. The molecule has 1 amide bonds. The molecule has 2 heterocycles. The molecule has 0 aliphatic carbocycles. The fraction of sp³-hybridized carbons (Fsp3) is 0.261. The maximum Gasteiger partial charge on any atom is 0.358 e. The van der Waals surface area contributed by atoms with E-state index < -0.39 is 12.1 Å². The van der Waals surface area contributed by atoms with Crippen LogP contribution in [0.1, 0.15) is 40.6 Å². The SMILES string of the molecule is Cc1ccc(-c2nc(C(=O)O[C@@H](C(=O)N3CCCC3)c3ccccc3)cs2)cc1. The molecule has 1 fully saturated rings. The molecule has 1 aliphatic rings. The Kier molecular flexibility index (Phi) is 5.71. The fourth-order valence-corrected chi connectivity index (χ4v) is 4.15. The molecule has 5 nitrogen and oxygen atoms in total. The summed E-state index contributed by atoms with van der Waals surface area (Å²) in [6.45, 7) is 3.43. The Morgan fingerprint density at radius 2 is 1.72 bits per heavy atom. The monoisotopic (exact) mass is 406 g/mol. The van der Waals surface area contributed by atoms with Gasteiger partial charge in [0.1, 0.15) is 5.01 Å². The highest BCUT2D eigenvalue weighted by molar-refractivity contribution is 7.13. The molecular formula is C23H22N2O3S. The van der Waals surface area contributed by atoms with Crippen molar-refractivity contribution in [1.82, 2.24) is 9.88 Å². The normalized spacial score (nSPS) is 14.6. The number of esters is 1. The van der Waals surface area contributed by atoms with Crippen molar-refractivity contribution in [3.8, 4) is 10.6 Å². The van der Waals surface area contributed by atoms with Gasteiger partial charge in [-0.1, -0.05) is 60.2 Å². The highest BCUT2D eigenvalue weighted by Crippen LogP contribution is 2.27. The quantitative estimate of drug-likeness (QED) is 0.579. The van der Waals surface area contributed by atoms with Gasteiger partial charge in [0.15, 0.2) is 5.69 Å². The lowest BCUT2D eigenvalue weighted by molar-refractivity contribution is -0.140. The molecule has 0 N–H and O–H groups in total. The predicted octanol–water partition coefficient (Wildman–Crippen LogP) is 4.64. The van der Waals surface area contributed by atoms with Gasteiger partial charge in [-0.25, -0.2) is 9.78 Å². The van der Waals surface area contributed by atoms with Crippen molar-refractivity contribution < 1.29 is 14.3 Å². The summed E-state index contributed by atoms with van der Waals surface area (Å²) in [4.78, 5) is 32.0. The first kappa shape index (κ1) is 19.3. The first-order valence-corrected chi connectivity index (χ1v) is 10.6. The highest BCUT2D eigenvalue weighted by Gasteiger charge is 2.31. The molecule has 148 valence electrons. The molecular weight excluding hydrogens is 384 g/mol. The lowest BCUT2D eigenvalue weighted by Gasteiger charge is -2.23. The molecule has 3 aromatic rings. The molecule has 0 radical (unpaired) electrons. The van der Waals surface area contributed by atoms with E-state index >= 15 is 0 Å². The number of benzene rings is 2. The summed E-state index contributed by atoms with van der Waals surface area (Å²) in [6, 6.07) is 17.1. The molecule has 0 spiro atoms. The van der Waals surface area contributed by atoms with E-state index in [1.807, 2.05) is 61.5 Å². The summed E-state index contributed by atoms with van der Waals surface area (Å²) in [6.07, 6.45) is 1.01. The van der Waals surface area contributed by atoms with Crippen LogP contribution in [0.4, 0.5) is 0 Å². The summed E-state index contributed by atoms with van der Waals surface area (Å²) >= 11 is 1.39. The molecule has 1 saturated heterocycles. The average molecular weight is 407 g/mol. The van der Waals surface area contributed by atoms with Gasteiger partial charge in [-0.05, 0) is 19.8 Å². The van der Waals surface area contributed by atoms with Crippen LogP contribution in [0.25, 0.3) is 10.6 Å². The number of ether oxygens (including phenoxy) is 1. The van der Waals surface area contributed by atoms with Crippen LogP contribution in [0.15, 0.2) is 60.0 Å². The molecule has 1 aromatic heterocycles. The van der Waals surface area contributed by atoms with E-state index in [0.29, 0.717) is 18.7 Å². The minimum absolute atomic E-state index is 0.170. The van der Waals surface area contributed by atoms with Gasteiger partial charge in [-0.3, -0.25) is 4.79 Å². The van der Waals surface area contributed by atoms with Crippen molar-refractivity contribution in [3.63, 3.8) is 0 Å². The fourth-order valence-electron chi connectivity index (χ4n) is 3.36. The maximum atomic E-state index is 13.0. The van der Waals surface area contributed by atoms with E-state index in [2.05, 4.69) is 4.98 Å². The number of hydrogen-bond acceptors (Lipinski definition) is 5. The summed E-state index contributed by atoms with van der Waals surface area (Å²) in [5.74, 6) is -0.753. The third-order valence-corrected chi connectivity index (χ3v) is 5.87. The van der Waals surface area contributed by atoms with Crippen LogP contribution in [-0.4, -0.2) is 34.8 Å². The van der Waals surface area contributed by atoms with Crippen LogP contribution >= 0.6 is 11.3 Å². The number of rotatable bonds is 5. The van der Waals surface area contributed by atoms with Crippen molar-refractivity contribution >= 4 is 23.2 Å². The Bertz CT molecular complexity index is 992. The number of hydrogen-bond donors (Lipinski definition) is 0. The molecule has 6 heteroatoms. The molecule has 0 saturated carbocycles. The van der Waals surface area contributed by atoms with Gasteiger partial charge < -0.3 is 9.64 Å². The second-order valence-electron chi connectivity index (χ2n) is 7.13. The lowest BCUT2D eigenvalue weighted by atomic mass is 10.1. The lowest BCUT2D eigenvalue weighted by Crippen LogP contribution is -2.34. The largest absolute Gasteiger partial charge is 0.443 e. The van der Waals surface area contributed by atoms with E-state index in [-0.39, 0.29) is 11.6 Å². The smallest absolute Gasteiger partial charge is 0.358 e. The summed E-state index contributed by atoms with van der Waals surface area (Å²) in [7, 11) is 0. The van der Waals surface area contributed by atoms with Crippen molar-refractivity contribution in [2.75, 3.05) is 13.1 Å². The number of aromatic nitrogens is 1. The van der Waals surface area contributed by atoms with Crippen LogP contribution in [0.3, 0.4) is 0 Å². The topological polar surface area (TPSA) is 59.5 Å². The van der Waals surface area contributed by atoms with Crippen molar-refractivity contribution in [1.29, 1.82) is 0 Å². The van der Waals surface area contributed by atoms with Gasteiger partial charge in [0.2, 0.25) is 6.10 Å². The first-order valence-electron chi connectivity index (χ1n) is 9.69. The number of thiazole rings is 1. The van der Waals surface area contributed by atoms with Crippen LogP contribution in [0, 0.1) is 6.92 Å². The van der Waals surface area contributed by atoms with Gasteiger partial charge in [0, 0.05) is 29.6 Å². The second kappa shape index (κ2) is 8.57. The number of aryl methyl sites for hydroxylation is 1. The molecule has 1 atom stereocenters. The Balaban J connectivity index is 1.55. The number of likely N-dealkylation sites (tertiary alicyclic amines) is 1. The summed E-state index contributed by atoms with van der Waals surface area (Å²) < 4.78 is 5.68. The molecule has 4 rings (SSSR count). The van der Waals surface area contributed by atoms with Gasteiger partial charge in [-0.15, -0.1) is 11.3 Å². The minimum Gasteiger partial charge on any atom is -0.443 e. The minimum atomic E-state index is -0.952. The predicted molar refractivity (Wildman–Crippen MR) is 113 cm³/mol. The zero-order chi connectivity index (χ0) is 20.2. The second-order valence-corrected chi connectivity index (χ2v) is 7.99. The van der Waals surface area contributed by atoms with Crippen LogP contribution in [0.5, 0.6) is 0 Å². The molecule has 0 unspecified atom stereocenters. The van der Waals surface area contributed by atoms with Crippen molar-refractivity contribution in [2.45, 2.75) is 25.9 Å².